The molecule has 0 nitrogen and oxygen atoms in total. The first-order valence-electron chi connectivity index (χ1n) is 4.14. The van der Waals surface area contributed by atoms with Gasteiger partial charge in [0.2, 0.25) is 0 Å². The van der Waals surface area contributed by atoms with Crippen molar-refractivity contribution in [3.63, 3.8) is 0 Å². The van der Waals surface area contributed by atoms with Crippen molar-refractivity contribution in [1.29, 1.82) is 0 Å². The molecule has 2 unspecified atom stereocenters. The van der Waals surface area contributed by atoms with Gasteiger partial charge in [0.05, 0.1) is 4.08 Å². The van der Waals surface area contributed by atoms with E-state index in [1.54, 1.807) is 0 Å². The van der Waals surface area contributed by atoms with Crippen molar-refractivity contribution >= 4 is 37.9 Å². The minimum Gasteiger partial charge on any atom is -0.176 e. The number of hydrogen-bond donors (Lipinski definition) is 3. The van der Waals surface area contributed by atoms with Crippen molar-refractivity contribution in [2.45, 2.75) is 41.9 Å². The average molecular weight is 208 g/mol. The zero-order valence-corrected chi connectivity index (χ0v) is 9.51. The molecule has 0 aromatic rings. The van der Waals surface area contributed by atoms with Gasteiger partial charge in [0, 0.05) is 5.25 Å². The molecule has 2 atom stereocenters. The van der Waals surface area contributed by atoms with Gasteiger partial charge in [-0.15, -0.1) is 0 Å². The Hall–Kier alpha value is 1.05. The summed E-state index contributed by atoms with van der Waals surface area (Å²) in [4.78, 5) is 0. The van der Waals surface area contributed by atoms with E-state index in [1.165, 1.54) is 25.7 Å². The van der Waals surface area contributed by atoms with Gasteiger partial charge in [-0.05, 0) is 25.7 Å². The molecule has 11 heavy (non-hydrogen) atoms. The summed E-state index contributed by atoms with van der Waals surface area (Å²) >= 11 is 13.5. The van der Waals surface area contributed by atoms with Gasteiger partial charge in [0.25, 0.3) is 0 Å². The minimum atomic E-state index is -0.146. The Morgan fingerprint density at radius 1 is 1.18 bits per heavy atom. The lowest BCUT2D eigenvalue weighted by Crippen LogP contribution is -2.33. The van der Waals surface area contributed by atoms with Crippen LogP contribution in [0.4, 0.5) is 0 Å². The molecule has 0 aromatic carbocycles. The average Bonchev–Trinajstić information content (AvgIpc) is 1.86. The van der Waals surface area contributed by atoms with Crippen molar-refractivity contribution in [2.75, 3.05) is 0 Å². The van der Waals surface area contributed by atoms with Crippen LogP contribution in [0.15, 0.2) is 0 Å². The lowest BCUT2D eigenvalue weighted by Gasteiger charge is -2.36. The second kappa shape index (κ2) is 3.84. The monoisotopic (exact) mass is 208 g/mol. The van der Waals surface area contributed by atoms with Crippen LogP contribution in [0.25, 0.3) is 0 Å². The van der Waals surface area contributed by atoms with Crippen LogP contribution in [0.3, 0.4) is 0 Å². The molecule has 0 heterocycles. The third-order valence-corrected chi connectivity index (χ3v) is 3.71. The van der Waals surface area contributed by atoms with E-state index in [1.807, 2.05) is 0 Å². The molecular formula is C8H16S3. The third-order valence-electron chi connectivity index (χ3n) is 2.43. The molecule has 0 spiro atoms. The third kappa shape index (κ3) is 2.78. The summed E-state index contributed by atoms with van der Waals surface area (Å²) < 4.78 is -0.146. The van der Waals surface area contributed by atoms with E-state index in [2.05, 4.69) is 44.8 Å². The quantitative estimate of drug-likeness (QED) is 0.428. The van der Waals surface area contributed by atoms with E-state index in [4.69, 9.17) is 0 Å². The maximum atomic E-state index is 4.55. The molecule has 3 heteroatoms. The van der Waals surface area contributed by atoms with Crippen LogP contribution >= 0.6 is 37.9 Å². The molecule has 0 N–H and O–H groups in total. The van der Waals surface area contributed by atoms with Gasteiger partial charge in [0.1, 0.15) is 0 Å². The van der Waals surface area contributed by atoms with E-state index >= 15 is 0 Å². The van der Waals surface area contributed by atoms with E-state index < -0.39 is 0 Å². The van der Waals surface area contributed by atoms with E-state index in [-0.39, 0.29) is 4.08 Å². The molecule has 0 bridgehead atoms. The molecule has 1 fully saturated rings. The number of hydrogen-bond acceptors (Lipinski definition) is 3. The molecule has 0 saturated heterocycles. The normalized spacial score (nSPS) is 33.8. The Balaban J connectivity index is 2.55. The second-order valence-electron chi connectivity index (χ2n) is 3.55. The summed E-state index contributed by atoms with van der Waals surface area (Å²) in [6.45, 7) is 2.07. The molecule has 1 rings (SSSR count). The largest absolute Gasteiger partial charge is 0.176 e. The highest BCUT2D eigenvalue weighted by molar-refractivity contribution is 8.00. The molecule has 0 radical (unpaired) electrons. The molecule has 0 aromatic heterocycles. The Kier molecular flexibility index (Phi) is 3.54. The van der Waals surface area contributed by atoms with Gasteiger partial charge in [-0.3, -0.25) is 0 Å². The van der Waals surface area contributed by atoms with Crippen LogP contribution in [0.5, 0.6) is 0 Å². The second-order valence-corrected chi connectivity index (χ2v) is 6.43. The van der Waals surface area contributed by atoms with Gasteiger partial charge in [-0.2, -0.15) is 37.9 Å². The molecule has 1 aliphatic carbocycles. The molecule has 0 amide bonds. The Morgan fingerprint density at radius 2 is 1.73 bits per heavy atom. The smallest absolute Gasteiger partial charge is 0.0562 e. The predicted octanol–water partition coefficient (Wildman–Crippen LogP) is 3.05. The highest BCUT2D eigenvalue weighted by Gasteiger charge is 2.33. The summed E-state index contributed by atoms with van der Waals surface area (Å²) in [5.74, 6) is 0.561. The van der Waals surface area contributed by atoms with Gasteiger partial charge in [-0.25, -0.2) is 0 Å². The first kappa shape index (κ1) is 10.1. The summed E-state index contributed by atoms with van der Waals surface area (Å²) in [7, 11) is 0. The van der Waals surface area contributed by atoms with Crippen molar-refractivity contribution in [3.8, 4) is 0 Å². The molecule has 0 aliphatic heterocycles. The van der Waals surface area contributed by atoms with Gasteiger partial charge < -0.3 is 0 Å². The molecule has 1 saturated carbocycles. The predicted molar refractivity (Wildman–Crippen MR) is 61.1 cm³/mol. The lowest BCUT2D eigenvalue weighted by atomic mass is 9.86. The lowest BCUT2D eigenvalue weighted by molar-refractivity contribution is 0.358. The summed E-state index contributed by atoms with van der Waals surface area (Å²) in [5.41, 5.74) is 0. The number of thiol groups is 3. The van der Waals surface area contributed by atoms with E-state index in [0.29, 0.717) is 11.2 Å². The highest BCUT2D eigenvalue weighted by Crippen LogP contribution is 2.41. The fourth-order valence-corrected chi connectivity index (χ4v) is 3.23. The summed E-state index contributed by atoms with van der Waals surface area (Å²) in [6, 6.07) is 0. The van der Waals surface area contributed by atoms with Crippen LogP contribution in [-0.4, -0.2) is 9.33 Å². The number of rotatable bonds is 1. The zero-order valence-electron chi connectivity index (χ0n) is 6.82. The minimum absolute atomic E-state index is 0.146. The molecular weight excluding hydrogens is 192 g/mol. The van der Waals surface area contributed by atoms with Crippen LogP contribution in [0, 0.1) is 5.92 Å². The van der Waals surface area contributed by atoms with Crippen molar-refractivity contribution < 1.29 is 0 Å². The molecule has 1 aliphatic rings. The first-order valence-corrected chi connectivity index (χ1v) is 5.55. The topological polar surface area (TPSA) is 0 Å². The van der Waals surface area contributed by atoms with Gasteiger partial charge >= 0.3 is 0 Å². The first-order chi connectivity index (χ1) is 5.02. The fraction of sp³-hybridized carbons (Fsp3) is 1.00. The summed E-state index contributed by atoms with van der Waals surface area (Å²) in [5, 5.41) is 0.503. The Bertz CT molecular complexity index is 128. The Morgan fingerprint density at radius 3 is 2.09 bits per heavy atom. The Labute approximate surface area is 85.8 Å². The SMILES string of the molecule is CC(S)(S)C1CCCCC1S. The van der Waals surface area contributed by atoms with Crippen LogP contribution in [0.1, 0.15) is 32.6 Å². The van der Waals surface area contributed by atoms with Crippen molar-refractivity contribution in [2.24, 2.45) is 5.92 Å². The zero-order chi connectivity index (χ0) is 8.48. The van der Waals surface area contributed by atoms with Gasteiger partial charge in [0.15, 0.2) is 0 Å². The standard InChI is InChI=1S/C8H16S3/c1-8(10,11)6-4-2-3-5-7(6)9/h6-7,9-11H,2-5H2,1H3. The summed E-state index contributed by atoms with van der Waals surface area (Å²) in [6.07, 6.45) is 5.10. The maximum absolute atomic E-state index is 4.55. The highest BCUT2D eigenvalue weighted by atomic mass is 32.2. The van der Waals surface area contributed by atoms with Crippen molar-refractivity contribution in [3.05, 3.63) is 0 Å². The van der Waals surface area contributed by atoms with E-state index in [0.717, 1.165) is 0 Å². The van der Waals surface area contributed by atoms with Crippen LogP contribution < -0.4 is 0 Å². The fourth-order valence-electron chi connectivity index (χ4n) is 1.75. The van der Waals surface area contributed by atoms with E-state index in [9.17, 15) is 0 Å². The van der Waals surface area contributed by atoms with Crippen LogP contribution in [0.2, 0.25) is 0 Å². The van der Waals surface area contributed by atoms with Crippen LogP contribution in [-0.2, 0) is 0 Å². The maximum Gasteiger partial charge on any atom is 0.0562 e. The van der Waals surface area contributed by atoms with Gasteiger partial charge in [-0.1, -0.05) is 12.8 Å². The molecule has 66 valence electrons. The van der Waals surface area contributed by atoms with Crippen molar-refractivity contribution in [1.82, 2.24) is 0 Å².